The number of aliphatic hydroxyl groups is 1. The van der Waals surface area contributed by atoms with Crippen LogP contribution in [0, 0.1) is 0 Å². The third-order valence-corrected chi connectivity index (χ3v) is 1.59. The highest BCUT2D eigenvalue weighted by Gasteiger charge is 2.17. The first-order valence-corrected chi connectivity index (χ1v) is 4.43. The lowest BCUT2D eigenvalue weighted by Gasteiger charge is -2.30. The fraction of sp³-hybridized carbons (Fsp3) is 0.667. The van der Waals surface area contributed by atoms with Crippen LogP contribution in [-0.4, -0.2) is 49.0 Å². The second kappa shape index (κ2) is 7.64. The van der Waals surface area contributed by atoms with Crippen molar-refractivity contribution in [2.45, 2.75) is 13.0 Å². The Bertz CT molecular complexity index is 208. The van der Waals surface area contributed by atoms with Crippen LogP contribution in [0.5, 0.6) is 0 Å². The van der Waals surface area contributed by atoms with E-state index in [0.29, 0.717) is 17.7 Å². The molecule has 0 saturated carbocycles. The maximum absolute atomic E-state index is 10.7. The molecular formula is C9H19ClN2O3. The minimum atomic E-state index is -0.512. The largest absolute Gasteiger partial charge is 1.00 e. The molecule has 0 bridgehead atoms. The molecule has 0 spiro atoms. The number of nitrogens with zero attached hydrogens (tertiary/aromatic N) is 1. The van der Waals surface area contributed by atoms with Gasteiger partial charge in [-0.15, -0.1) is 5.48 Å². The van der Waals surface area contributed by atoms with Crippen LogP contribution < -0.4 is 17.9 Å². The van der Waals surface area contributed by atoms with Crippen LogP contribution in [0.25, 0.3) is 0 Å². The van der Waals surface area contributed by atoms with Gasteiger partial charge in [-0.2, -0.15) is 0 Å². The quantitative estimate of drug-likeness (QED) is 0.220. The van der Waals surface area contributed by atoms with Crippen molar-refractivity contribution in [1.82, 2.24) is 5.48 Å². The molecule has 1 atom stereocenters. The van der Waals surface area contributed by atoms with Gasteiger partial charge in [0.15, 0.2) is 6.67 Å². The van der Waals surface area contributed by atoms with Gasteiger partial charge in [0.25, 0.3) is 0 Å². The molecule has 0 aliphatic carbocycles. The number of aliphatic hydroxyl groups excluding tert-OH is 1. The molecule has 6 heteroatoms. The summed E-state index contributed by atoms with van der Waals surface area (Å²) in [4.78, 5) is 15.3. The molecule has 1 unspecified atom stereocenters. The zero-order chi connectivity index (χ0) is 11.2. The summed E-state index contributed by atoms with van der Waals surface area (Å²) in [6.07, 6.45) is 0.698. The van der Waals surface area contributed by atoms with E-state index in [2.05, 4.69) is 16.9 Å². The van der Waals surface area contributed by atoms with Gasteiger partial charge in [-0.3, -0.25) is 0 Å². The van der Waals surface area contributed by atoms with Crippen molar-refractivity contribution in [3.05, 3.63) is 12.7 Å². The summed E-state index contributed by atoms with van der Waals surface area (Å²) in [6.45, 7) is 6.00. The molecule has 0 aromatic carbocycles. The Morgan fingerprint density at radius 1 is 1.67 bits per heavy atom. The van der Waals surface area contributed by atoms with E-state index in [-0.39, 0.29) is 18.5 Å². The average molecular weight is 239 g/mol. The number of halogens is 1. The first-order valence-electron chi connectivity index (χ1n) is 4.43. The standard InChI is InChI=1S/C9H19N2O3.ClH/c1-5-9(13)14-10-7-11(3,4)6-8(2)12;/h5,8,10,12H,1,6-7H2,2-4H3;1H/q+1;/p-1. The Labute approximate surface area is 96.7 Å². The molecule has 0 aliphatic rings. The predicted molar refractivity (Wildman–Crippen MR) is 52.9 cm³/mol. The van der Waals surface area contributed by atoms with Gasteiger partial charge in [-0.05, 0) is 6.92 Å². The van der Waals surface area contributed by atoms with Crippen molar-refractivity contribution in [2.75, 3.05) is 27.3 Å². The second-order valence-electron chi connectivity index (χ2n) is 3.90. The van der Waals surface area contributed by atoms with Crippen molar-refractivity contribution >= 4 is 5.97 Å². The number of likely N-dealkylation sites (N-methyl/N-ethyl adjacent to an activating group) is 1. The number of hydrogen-bond donors (Lipinski definition) is 2. The van der Waals surface area contributed by atoms with E-state index >= 15 is 0 Å². The van der Waals surface area contributed by atoms with E-state index in [1.54, 1.807) is 6.92 Å². The molecule has 0 aromatic rings. The van der Waals surface area contributed by atoms with Gasteiger partial charge in [-0.25, -0.2) is 4.79 Å². The van der Waals surface area contributed by atoms with Crippen LogP contribution in [0.3, 0.4) is 0 Å². The molecule has 15 heavy (non-hydrogen) atoms. The highest BCUT2D eigenvalue weighted by Crippen LogP contribution is 1.97. The molecule has 0 rings (SSSR count). The summed E-state index contributed by atoms with van der Waals surface area (Å²) >= 11 is 0. The fourth-order valence-electron chi connectivity index (χ4n) is 1.10. The summed E-state index contributed by atoms with van der Waals surface area (Å²) in [6, 6.07) is 0. The number of nitrogens with one attached hydrogen (secondary N) is 1. The van der Waals surface area contributed by atoms with Crippen LogP contribution in [0.15, 0.2) is 12.7 Å². The number of quaternary nitrogens is 1. The van der Waals surface area contributed by atoms with Crippen LogP contribution in [-0.2, 0) is 9.63 Å². The number of hydroxylamine groups is 1. The lowest BCUT2D eigenvalue weighted by atomic mass is 10.3. The fourth-order valence-corrected chi connectivity index (χ4v) is 1.10. The molecule has 2 N–H and O–H groups in total. The van der Waals surface area contributed by atoms with E-state index in [4.69, 9.17) is 0 Å². The summed E-state index contributed by atoms with van der Waals surface area (Å²) in [5, 5.41) is 9.18. The number of carbonyl (C=O) groups is 1. The normalized spacial score (nSPS) is 12.5. The lowest BCUT2D eigenvalue weighted by molar-refractivity contribution is -0.898. The van der Waals surface area contributed by atoms with Gasteiger partial charge in [0.1, 0.15) is 12.6 Å². The van der Waals surface area contributed by atoms with Crippen molar-refractivity contribution < 1.29 is 31.6 Å². The molecule has 5 nitrogen and oxygen atoms in total. The molecular weight excluding hydrogens is 220 g/mol. The van der Waals surface area contributed by atoms with Gasteiger partial charge >= 0.3 is 5.97 Å². The molecule has 90 valence electrons. The summed E-state index contributed by atoms with van der Waals surface area (Å²) in [7, 11) is 3.84. The zero-order valence-electron chi connectivity index (χ0n) is 9.36. The maximum Gasteiger partial charge on any atom is 0.349 e. The van der Waals surface area contributed by atoms with Crippen molar-refractivity contribution in [1.29, 1.82) is 0 Å². The summed E-state index contributed by atoms with van der Waals surface area (Å²) < 4.78 is 0.516. The lowest BCUT2D eigenvalue weighted by Crippen LogP contribution is -3.00. The summed E-state index contributed by atoms with van der Waals surface area (Å²) in [5.41, 5.74) is 2.52. The smallest absolute Gasteiger partial charge is 0.349 e. The second-order valence-corrected chi connectivity index (χ2v) is 3.90. The van der Waals surface area contributed by atoms with Gasteiger partial charge in [0.2, 0.25) is 0 Å². The first kappa shape index (κ1) is 16.8. The molecule has 0 aliphatic heterocycles. The summed E-state index contributed by atoms with van der Waals surface area (Å²) in [5.74, 6) is -0.512. The highest BCUT2D eigenvalue weighted by molar-refractivity contribution is 5.80. The van der Waals surface area contributed by atoms with E-state index in [1.807, 2.05) is 14.1 Å². The van der Waals surface area contributed by atoms with Crippen LogP contribution >= 0.6 is 0 Å². The minimum absolute atomic E-state index is 0. The monoisotopic (exact) mass is 238 g/mol. The topological polar surface area (TPSA) is 58.6 Å². The SMILES string of the molecule is C=CC(=O)ONC[N+](C)(C)CC(C)O.[Cl-]. The number of carbonyl (C=O) groups excluding carboxylic acids is 1. The van der Waals surface area contributed by atoms with Crippen LogP contribution in [0.1, 0.15) is 6.92 Å². The van der Waals surface area contributed by atoms with Gasteiger partial charge < -0.3 is 26.8 Å². The van der Waals surface area contributed by atoms with Gasteiger partial charge in [0, 0.05) is 6.08 Å². The van der Waals surface area contributed by atoms with Crippen LogP contribution in [0.4, 0.5) is 0 Å². The zero-order valence-corrected chi connectivity index (χ0v) is 10.1. The third kappa shape index (κ3) is 9.68. The Balaban J connectivity index is 0. The van der Waals surface area contributed by atoms with Crippen molar-refractivity contribution in [2.24, 2.45) is 0 Å². The molecule has 0 fully saturated rings. The third-order valence-electron chi connectivity index (χ3n) is 1.59. The average Bonchev–Trinajstić information content (AvgIpc) is 2.01. The van der Waals surface area contributed by atoms with E-state index in [1.165, 1.54) is 0 Å². The van der Waals surface area contributed by atoms with Crippen molar-refractivity contribution in [3.63, 3.8) is 0 Å². The molecule has 0 saturated heterocycles. The van der Waals surface area contributed by atoms with Crippen molar-refractivity contribution in [3.8, 4) is 0 Å². The number of rotatable bonds is 6. The Hall–Kier alpha value is -0.620. The van der Waals surface area contributed by atoms with E-state index in [9.17, 15) is 9.90 Å². The van der Waals surface area contributed by atoms with Crippen LogP contribution in [0.2, 0.25) is 0 Å². The maximum atomic E-state index is 10.7. The van der Waals surface area contributed by atoms with E-state index < -0.39 is 5.97 Å². The molecule has 0 amide bonds. The first-order chi connectivity index (χ1) is 6.37. The Morgan fingerprint density at radius 3 is 2.60 bits per heavy atom. The number of hydrogen-bond acceptors (Lipinski definition) is 4. The predicted octanol–water partition coefficient (Wildman–Crippen LogP) is -3.36. The molecule has 0 aromatic heterocycles. The Kier molecular flexibility index (Phi) is 8.56. The molecule has 0 radical (unpaired) electrons. The van der Waals surface area contributed by atoms with Gasteiger partial charge in [-0.1, -0.05) is 6.58 Å². The molecule has 0 heterocycles. The van der Waals surface area contributed by atoms with E-state index in [0.717, 1.165) is 6.08 Å². The minimum Gasteiger partial charge on any atom is -1.00 e. The highest BCUT2D eigenvalue weighted by atomic mass is 35.5. The Morgan fingerprint density at radius 2 is 2.20 bits per heavy atom. The van der Waals surface area contributed by atoms with Gasteiger partial charge in [0.05, 0.1) is 14.1 Å².